The van der Waals surface area contributed by atoms with Gasteiger partial charge >= 0.3 is 5.63 Å². The van der Waals surface area contributed by atoms with Crippen LogP contribution >= 0.6 is 11.3 Å². The Labute approximate surface area is 83.4 Å². The van der Waals surface area contributed by atoms with Crippen LogP contribution in [0.2, 0.25) is 0 Å². The average molecular weight is 202 g/mol. The molecule has 1 aromatic carbocycles. The second-order valence-electron chi connectivity index (χ2n) is 3.05. The van der Waals surface area contributed by atoms with Crippen molar-refractivity contribution < 1.29 is 4.42 Å². The van der Waals surface area contributed by atoms with Gasteiger partial charge in [0.1, 0.15) is 10.3 Å². The Morgan fingerprint density at radius 1 is 1.07 bits per heavy atom. The van der Waals surface area contributed by atoms with Crippen molar-refractivity contribution in [2.45, 2.75) is 0 Å². The zero-order valence-corrected chi connectivity index (χ0v) is 8.01. The Morgan fingerprint density at radius 3 is 2.86 bits per heavy atom. The molecule has 2 aromatic heterocycles. The van der Waals surface area contributed by atoms with Crippen molar-refractivity contribution >= 4 is 32.4 Å². The molecule has 0 saturated carbocycles. The van der Waals surface area contributed by atoms with Gasteiger partial charge in [-0.05, 0) is 17.5 Å². The third-order valence-electron chi connectivity index (χ3n) is 2.23. The highest BCUT2D eigenvalue weighted by atomic mass is 32.1. The zero-order valence-electron chi connectivity index (χ0n) is 7.19. The van der Waals surface area contributed by atoms with Crippen LogP contribution in [-0.2, 0) is 0 Å². The Morgan fingerprint density at radius 2 is 1.93 bits per heavy atom. The fourth-order valence-electron chi connectivity index (χ4n) is 1.60. The van der Waals surface area contributed by atoms with Crippen molar-refractivity contribution in [3.63, 3.8) is 0 Å². The largest absolute Gasteiger partial charge is 0.422 e. The molecule has 3 aromatic rings. The van der Waals surface area contributed by atoms with Gasteiger partial charge in [0.25, 0.3) is 0 Å². The second kappa shape index (κ2) is 2.69. The molecule has 3 rings (SSSR count). The van der Waals surface area contributed by atoms with Gasteiger partial charge in [-0.2, -0.15) is 0 Å². The lowest BCUT2D eigenvalue weighted by molar-refractivity contribution is 0.571. The molecule has 0 radical (unpaired) electrons. The Kier molecular flexibility index (Phi) is 1.49. The molecule has 2 heterocycles. The molecule has 68 valence electrons. The number of benzene rings is 1. The van der Waals surface area contributed by atoms with E-state index < -0.39 is 0 Å². The molecule has 0 aliphatic carbocycles. The third kappa shape index (κ3) is 0.930. The van der Waals surface area contributed by atoms with Gasteiger partial charge in [-0.15, -0.1) is 11.3 Å². The summed E-state index contributed by atoms with van der Waals surface area (Å²) < 4.78 is 5.89. The molecule has 2 nitrogen and oxygen atoms in total. The molecule has 0 aliphatic heterocycles. The van der Waals surface area contributed by atoms with Gasteiger partial charge in [0.15, 0.2) is 0 Å². The van der Waals surface area contributed by atoms with Gasteiger partial charge in [-0.1, -0.05) is 18.2 Å². The van der Waals surface area contributed by atoms with E-state index in [-0.39, 0.29) is 5.63 Å². The maximum atomic E-state index is 11.5. The van der Waals surface area contributed by atoms with Crippen LogP contribution in [0.4, 0.5) is 0 Å². The first-order valence-corrected chi connectivity index (χ1v) is 5.13. The van der Waals surface area contributed by atoms with Gasteiger partial charge in [-0.25, -0.2) is 4.79 Å². The minimum Gasteiger partial charge on any atom is -0.422 e. The van der Waals surface area contributed by atoms with Gasteiger partial charge < -0.3 is 4.42 Å². The maximum absolute atomic E-state index is 11.5. The number of fused-ring (bicyclic) bond motifs is 3. The smallest absolute Gasteiger partial charge is 0.354 e. The summed E-state index contributed by atoms with van der Waals surface area (Å²) in [4.78, 5) is 11.5. The summed E-state index contributed by atoms with van der Waals surface area (Å²) in [5, 5.41) is 3.90. The summed E-state index contributed by atoms with van der Waals surface area (Å²) >= 11 is 1.42. The Bertz CT molecular complexity index is 663. The van der Waals surface area contributed by atoms with E-state index in [4.69, 9.17) is 4.42 Å². The van der Waals surface area contributed by atoms with Crippen LogP contribution in [0.1, 0.15) is 0 Å². The summed E-state index contributed by atoms with van der Waals surface area (Å²) in [7, 11) is 0. The highest BCUT2D eigenvalue weighted by Gasteiger charge is 2.06. The zero-order chi connectivity index (χ0) is 9.54. The van der Waals surface area contributed by atoms with E-state index in [9.17, 15) is 4.79 Å². The first-order chi connectivity index (χ1) is 6.86. The predicted molar refractivity (Wildman–Crippen MR) is 57.9 cm³/mol. The van der Waals surface area contributed by atoms with Crippen molar-refractivity contribution in [1.82, 2.24) is 0 Å². The summed E-state index contributed by atoms with van der Waals surface area (Å²) in [6.45, 7) is 0. The molecule has 0 amide bonds. The molecule has 0 N–H and O–H groups in total. The summed E-state index contributed by atoms with van der Waals surface area (Å²) in [6.07, 6.45) is 0. The van der Waals surface area contributed by atoms with E-state index in [1.54, 1.807) is 0 Å². The summed E-state index contributed by atoms with van der Waals surface area (Å²) in [6, 6.07) is 9.54. The lowest BCUT2D eigenvalue weighted by Crippen LogP contribution is -1.96. The number of thiophene rings is 1. The van der Waals surface area contributed by atoms with E-state index in [0.717, 1.165) is 10.8 Å². The SMILES string of the molecule is O=c1oc2ccccc2c2ccsc12. The molecule has 0 saturated heterocycles. The van der Waals surface area contributed by atoms with Crippen molar-refractivity contribution in [2.75, 3.05) is 0 Å². The molecule has 0 spiro atoms. The number of para-hydroxylation sites is 1. The van der Waals surface area contributed by atoms with Crippen LogP contribution in [0.15, 0.2) is 44.9 Å². The summed E-state index contributed by atoms with van der Waals surface area (Å²) in [5.74, 6) is 0. The van der Waals surface area contributed by atoms with Crippen LogP contribution in [0.5, 0.6) is 0 Å². The monoisotopic (exact) mass is 202 g/mol. The first-order valence-electron chi connectivity index (χ1n) is 4.25. The molecule has 3 heteroatoms. The first kappa shape index (κ1) is 7.76. The lowest BCUT2D eigenvalue weighted by atomic mass is 10.2. The minimum absolute atomic E-state index is 0.242. The summed E-state index contributed by atoms with van der Waals surface area (Å²) in [5.41, 5.74) is 0.414. The second-order valence-corrected chi connectivity index (χ2v) is 3.97. The molecule has 0 unspecified atom stereocenters. The maximum Gasteiger partial charge on any atom is 0.354 e. The molecule has 0 fully saturated rings. The molecule has 0 bridgehead atoms. The Hall–Kier alpha value is -1.61. The highest BCUT2D eigenvalue weighted by Crippen LogP contribution is 2.25. The topological polar surface area (TPSA) is 30.2 Å². The van der Waals surface area contributed by atoms with Crippen molar-refractivity contribution in [3.05, 3.63) is 46.1 Å². The average Bonchev–Trinajstić information content (AvgIpc) is 2.67. The van der Waals surface area contributed by atoms with Gasteiger partial charge in [0, 0.05) is 10.8 Å². The molecular weight excluding hydrogens is 196 g/mol. The molecule has 0 aliphatic rings. The van der Waals surface area contributed by atoms with Crippen molar-refractivity contribution in [1.29, 1.82) is 0 Å². The predicted octanol–water partition coefficient (Wildman–Crippen LogP) is 3.01. The van der Waals surface area contributed by atoms with Crippen LogP contribution in [0.25, 0.3) is 21.1 Å². The van der Waals surface area contributed by atoms with Gasteiger partial charge in [0.2, 0.25) is 0 Å². The van der Waals surface area contributed by atoms with E-state index in [2.05, 4.69) is 0 Å². The normalized spacial score (nSPS) is 11.1. The van der Waals surface area contributed by atoms with Gasteiger partial charge in [0.05, 0.1) is 0 Å². The van der Waals surface area contributed by atoms with Crippen molar-refractivity contribution in [2.24, 2.45) is 0 Å². The van der Waals surface area contributed by atoms with E-state index in [1.807, 2.05) is 35.7 Å². The van der Waals surface area contributed by atoms with E-state index in [1.165, 1.54) is 11.3 Å². The molecule has 14 heavy (non-hydrogen) atoms. The fourth-order valence-corrected chi connectivity index (χ4v) is 2.39. The number of hydrogen-bond acceptors (Lipinski definition) is 3. The van der Waals surface area contributed by atoms with Crippen molar-refractivity contribution in [3.8, 4) is 0 Å². The van der Waals surface area contributed by atoms with Gasteiger partial charge in [-0.3, -0.25) is 0 Å². The highest BCUT2D eigenvalue weighted by molar-refractivity contribution is 7.17. The van der Waals surface area contributed by atoms with E-state index >= 15 is 0 Å². The minimum atomic E-state index is -0.242. The van der Waals surface area contributed by atoms with E-state index in [0.29, 0.717) is 10.3 Å². The van der Waals surface area contributed by atoms with Crippen LogP contribution < -0.4 is 5.63 Å². The van der Waals surface area contributed by atoms with Crippen LogP contribution in [0, 0.1) is 0 Å². The molecular formula is C11H6O2S. The molecule has 0 atom stereocenters. The number of hydrogen-bond donors (Lipinski definition) is 0. The lowest BCUT2D eigenvalue weighted by Gasteiger charge is -1.96. The third-order valence-corrected chi connectivity index (χ3v) is 3.12. The van der Waals surface area contributed by atoms with Crippen LogP contribution in [-0.4, -0.2) is 0 Å². The fraction of sp³-hybridized carbons (Fsp3) is 0. The number of rotatable bonds is 0. The van der Waals surface area contributed by atoms with Crippen LogP contribution in [0.3, 0.4) is 0 Å². The quantitative estimate of drug-likeness (QED) is 0.524. The Balaban J connectivity index is 2.73. The standard InChI is InChI=1S/C11H6O2S/c12-11-10-8(5-6-14-10)7-3-1-2-4-9(7)13-11/h1-6H.